The van der Waals surface area contributed by atoms with Gasteiger partial charge < -0.3 is 15.0 Å². The van der Waals surface area contributed by atoms with Gasteiger partial charge >= 0.3 is 5.97 Å². The molecule has 2 aliphatic rings. The van der Waals surface area contributed by atoms with Gasteiger partial charge in [-0.15, -0.1) is 0 Å². The minimum atomic E-state index is -0.413. The van der Waals surface area contributed by atoms with Crippen LogP contribution in [0.2, 0.25) is 0 Å². The lowest BCUT2D eigenvalue weighted by molar-refractivity contribution is -0.140. The van der Waals surface area contributed by atoms with E-state index in [0.29, 0.717) is 17.6 Å². The van der Waals surface area contributed by atoms with Crippen LogP contribution in [0.4, 0.5) is 5.69 Å². The molecule has 2 aromatic rings. The molecule has 2 aromatic carbocycles. The van der Waals surface area contributed by atoms with Crippen molar-refractivity contribution in [3.63, 3.8) is 0 Å². The molecule has 5 nitrogen and oxygen atoms in total. The highest BCUT2D eigenvalue weighted by Gasteiger charge is 2.39. The monoisotopic (exact) mass is 416 g/mol. The molecule has 5 heteroatoms. The van der Waals surface area contributed by atoms with E-state index in [1.807, 2.05) is 80.5 Å². The average Bonchev–Trinajstić information content (AvgIpc) is 2.77. The summed E-state index contributed by atoms with van der Waals surface area (Å²) in [5.74, 6) is -0.694. The van der Waals surface area contributed by atoms with E-state index < -0.39 is 5.92 Å². The number of anilines is 1. The van der Waals surface area contributed by atoms with Crippen molar-refractivity contribution < 1.29 is 14.3 Å². The minimum Gasteiger partial charge on any atom is -0.457 e. The molecular formula is C26H28N2O3. The van der Waals surface area contributed by atoms with Gasteiger partial charge in [0.15, 0.2) is 5.78 Å². The van der Waals surface area contributed by atoms with Crippen molar-refractivity contribution in [1.29, 1.82) is 0 Å². The molecule has 0 saturated heterocycles. The topological polar surface area (TPSA) is 58.6 Å². The lowest BCUT2D eigenvalue weighted by atomic mass is 9.75. The maximum atomic E-state index is 13.3. The number of ether oxygens (including phenoxy) is 1. The average molecular weight is 417 g/mol. The fourth-order valence-corrected chi connectivity index (χ4v) is 4.35. The lowest BCUT2D eigenvalue weighted by Crippen LogP contribution is -2.34. The van der Waals surface area contributed by atoms with Crippen LogP contribution in [-0.4, -0.2) is 25.8 Å². The number of hydrogen-bond acceptors (Lipinski definition) is 5. The number of dihydropyridines is 1. The van der Waals surface area contributed by atoms with Crippen molar-refractivity contribution in [3.05, 3.63) is 88.3 Å². The van der Waals surface area contributed by atoms with E-state index in [4.69, 9.17) is 4.74 Å². The van der Waals surface area contributed by atoms with Crippen LogP contribution in [0.5, 0.6) is 0 Å². The third-order valence-electron chi connectivity index (χ3n) is 5.95. The van der Waals surface area contributed by atoms with Gasteiger partial charge in [0.2, 0.25) is 0 Å². The van der Waals surface area contributed by atoms with Gasteiger partial charge in [-0.3, -0.25) is 4.79 Å². The smallest absolute Gasteiger partial charge is 0.337 e. The van der Waals surface area contributed by atoms with E-state index in [0.717, 1.165) is 41.1 Å². The summed E-state index contributed by atoms with van der Waals surface area (Å²) in [6, 6.07) is 17.7. The second-order valence-electron chi connectivity index (χ2n) is 8.31. The van der Waals surface area contributed by atoms with Crippen LogP contribution < -0.4 is 10.2 Å². The Bertz CT molecular complexity index is 1050. The Morgan fingerprint density at radius 1 is 1.06 bits per heavy atom. The molecule has 1 unspecified atom stereocenters. The maximum absolute atomic E-state index is 13.3. The van der Waals surface area contributed by atoms with Crippen molar-refractivity contribution in [1.82, 2.24) is 5.32 Å². The van der Waals surface area contributed by atoms with Crippen LogP contribution >= 0.6 is 0 Å². The Balaban J connectivity index is 1.70. The quantitative estimate of drug-likeness (QED) is 0.729. The number of esters is 1. The van der Waals surface area contributed by atoms with Crippen LogP contribution in [0.25, 0.3) is 0 Å². The summed E-state index contributed by atoms with van der Waals surface area (Å²) in [6.45, 7) is 2.09. The van der Waals surface area contributed by atoms with Crippen LogP contribution in [0.15, 0.2) is 77.1 Å². The molecule has 0 saturated carbocycles. The van der Waals surface area contributed by atoms with Crippen LogP contribution in [0.1, 0.15) is 43.2 Å². The Morgan fingerprint density at radius 3 is 2.45 bits per heavy atom. The molecule has 0 bridgehead atoms. The van der Waals surface area contributed by atoms with Gasteiger partial charge in [-0.1, -0.05) is 42.5 Å². The highest BCUT2D eigenvalue weighted by Crippen LogP contribution is 2.42. The standard InChI is InChI=1S/C26H28N2O3/c1-17-23(26(30)31-16-18-8-5-4-6-9-18)24(19-12-14-20(15-13-19)28(2)3)25-21(27-17)10-7-11-22(25)29/h4-6,8-9,12-15,24,27H,7,10-11,16H2,1-3H3. The molecule has 160 valence electrons. The van der Waals surface area contributed by atoms with E-state index in [9.17, 15) is 9.59 Å². The number of nitrogens with zero attached hydrogens (tertiary/aromatic N) is 1. The first-order valence-corrected chi connectivity index (χ1v) is 10.7. The molecule has 1 aliphatic heterocycles. The summed E-state index contributed by atoms with van der Waals surface area (Å²) >= 11 is 0. The first kappa shape index (κ1) is 20.9. The summed E-state index contributed by atoms with van der Waals surface area (Å²) in [5, 5.41) is 3.34. The zero-order valence-electron chi connectivity index (χ0n) is 18.3. The number of hydrogen-bond donors (Lipinski definition) is 1. The normalized spacial score (nSPS) is 18.4. The number of Topliss-reactive ketones (excluding diaryl/α,β-unsaturated/α-hetero) is 1. The molecule has 1 N–H and O–H groups in total. The van der Waals surface area contributed by atoms with Crippen molar-refractivity contribution in [2.75, 3.05) is 19.0 Å². The molecule has 1 aliphatic carbocycles. The Labute approximate surface area is 183 Å². The maximum Gasteiger partial charge on any atom is 0.337 e. The number of carbonyl (C=O) groups is 2. The summed E-state index contributed by atoms with van der Waals surface area (Å²) in [7, 11) is 3.97. The van der Waals surface area contributed by atoms with Gasteiger partial charge in [0, 0.05) is 49.1 Å². The number of benzene rings is 2. The van der Waals surface area contributed by atoms with Crippen molar-refractivity contribution >= 4 is 17.4 Å². The number of ketones is 1. The first-order chi connectivity index (χ1) is 15.0. The molecule has 0 radical (unpaired) electrons. The van der Waals surface area contributed by atoms with Crippen molar-refractivity contribution in [2.24, 2.45) is 0 Å². The summed E-state index contributed by atoms with van der Waals surface area (Å²) in [5.41, 5.74) is 5.85. The number of carbonyl (C=O) groups excluding carboxylic acids is 2. The van der Waals surface area contributed by atoms with E-state index >= 15 is 0 Å². The summed E-state index contributed by atoms with van der Waals surface area (Å²) in [6.07, 6.45) is 2.16. The Morgan fingerprint density at radius 2 is 1.77 bits per heavy atom. The predicted octanol–water partition coefficient (Wildman–Crippen LogP) is 4.46. The highest BCUT2D eigenvalue weighted by molar-refractivity contribution is 6.03. The second kappa shape index (κ2) is 8.80. The van der Waals surface area contributed by atoms with Gasteiger partial charge in [-0.05, 0) is 43.0 Å². The lowest BCUT2D eigenvalue weighted by Gasteiger charge is -2.34. The number of rotatable bonds is 5. The zero-order valence-corrected chi connectivity index (χ0v) is 18.3. The third-order valence-corrected chi connectivity index (χ3v) is 5.95. The van der Waals surface area contributed by atoms with Crippen molar-refractivity contribution in [3.8, 4) is 0 Å². The van der Waals surface area contributed by atoms with E-state index in [-0.39, 0.29) is 18.4 Å². The van der Waals surface area contributed by atoms with E-state index in [1.54, 1.807) is 0 Å². The van der Waals surface area contributed by atoms with Gasteiger partial charge in [-0.25, -0.2) is 4.79 Å². The fraction of sp³-hybridized carbons (Fsp3) is 0.308. The van der Waals surface area contributed by atoms with Gasteiger partial charge in [0.25, 0.3) is 0 Å². The molecule has 0 fully saturated rings. The minimum absolute atomic E-state index is 0.108. The molecule has 0 amide bonds. The van der Waals surface area contributed by atoms with Crippen LogP contribution in [0.3, 0.4) is 0 Å². The van der Waals surface area contributed by atoms with Crippen LogP contribution in [-0.2, 0) is 20.9 Å². The van der Waals surface area contributed by atoms with E-state index in [1.165, 1.54) is 0 Å². The van der Waals surface area contributed by atoms with Crippen molar-refractivity contribution in [2.45, 2.75) is 38.7 Å². The van der Waals surface area contributed by atoms with Gasteiger partial charge in [-0.2, -0.15) is 0 Å². The highest BCUT2D eigenvalue weighted by atomic mass is 16.5. The molecule has 0 aromatic heterocycles. The van der Waals surface area contributed by atoms with Gasteiger partial charge in [0.05, 0.1) is 5.57 Å². The first-order valence-electron chi connectivity index (χ1n) is 10.7. The van der Waals surface area contributed by atoms with Gasteiger partial charge in [0.1, 0.15) is 6.61 Å². The molecule has 31 heavy (non-hydrogen) atoms. The summed E-state index contributed by atoms with van der Waals surface area (Å²) in [4.78, 5) is 28.2. The zero-order chi connectivity index (χ0) is 22.0. The molecule has 0 spiro atoms. The predicted molar refractivity (Wildman–Crippen MR) is 121 cm³/mol. The van der Waals surface area contributed by atoms with Crippen LogP contribution in [0, 0.1) is 0 Å². The number of allylic oxidation sites excluding steroid dienone is 3. The largest absolute Gasteiger partial charge is 0.457 e. The molecular weight excluding hydrogens is 388 g/mol. The third kappa shape index (κ3) is 4.26. The fourth-order valence-electron chi connectivity index (χ4n) is 4.35. The second-order valence-corrected chi connectivity index (χ2v) is 8.31. The SMILES string of the molecule is CC1=C(C(=O)OCc2ccccc2)C(c2ccc(N(C)C)cc2)C2=C(CCCC2=O)N1. The molecule has 1 atom stereocenters. The van der Waals surface area contributed by atoms with E-state index in [2.05, 4.69) is 5.32 Å². The molecule has 4 rings (SSSR count). The summed E-state index contributed by atoms with van der Waals surface area (Å²) < 4.78 is 5.69. The Kier molecular flexibility index (Phi) is 5.94. The number of nitrogens with one attached hydrogen (secondary N) is 1. The Hall–Kier alpha value is -3.34. The molecule has 1 heterocycles.